The topological polar surface area (TPSA) is 98.5 Å². The molecular weight excluding hydrogens is 499 g/mol. The molecule has 0 spiro atoms. The summed E-state index contributed by atoms with van der Waals surface area (Å²) < 4.78 is 31.0. The van der Waals surface area contributed by atoms with Crippen LogP contribution in [0.1, 0.15) is 18.3 Å². The van der Waals surface area contributed by atoms with Crippen molar-refractivity contribution >= 4 is 55.5 Å². The van der Waals surface area contributed by atoms with Gasteiger partial charge in [-0.1, -0.05) is 34.8 Å². The van der Waals surface area contributed by atoms with Crippen molar-refractivity contribution in [3.63, 3.8) is 0 Å². The molecular formula is C21H21Cl3N2O5S. The summed E-state index contributed by atoms with van der Waals surface area (Å²) in [5.41, 5.74) is 1.20. The standard InChI is InChI=1S/C21H21Cl3N2O5S/c1-11-6-18(28)19-17(7-12(2)32(3,29)30)25-10-16(24)21(19)26(11)20-14(22)8-13(9-15(20)23)31-5-4-27/h6,8-10,12,27H,4-5,7H2,1-3H3. The van der Waals surface area contributed by atoms with E-state index in [2.05, 4.69) is 4.98 Å². The van der Waals surface area contributed by atoms with Crippen molar-refractivity contribution in [1.82, 2.24) is 9.55 Å². The maximum absolute atomic E-state index is 13.0. The van der Waals surface area contributed by atoms with Gasteiger partial charge >= 0.3 is 0 Å². The van der Waals surface area contributed by atoms with Crippen LogP contribution < -0.4 is 10.2 Å². The number of hydrogen-bond donors (Lipinski definition) is 1. The van der Waals surface area contributed by atoms with Crippen molar-refractivity contribution in [3.05, 3.63) is 61.1 Å². The summed E-state index contributed by atoms with van der Waals surface area (Å²) in [4.78, 5) is 17.2. The largest absolute Gasteiger partial charge is 0.491 e. The first-order chi connectivity index (χ1) is 15.0. The Bertz CT molecular complexity index is 1330. The van der Waals surface area contributed by atoms with Crippen molar-refractivity contribution in [3.8, 4) is 11.4 Å². The van der Waals surface area contributed by atoms with E-state index in [1.807, 2.05) is 0 Å². The third kappa shape index (κ3) is 4.89. The van der Waals surface area contributed by atoms with Crippen LogP contribution in [0.4, 0.5) is 0 Å². The predicted octanol–water partition coefficient (Wildman–Crippen LogP) is 4.00. The minimum atomic E-state index is -3.34. The molecule has 1 unspecified atom stereocenters. The summed E-state index contributed by atoms with van der Waals surface area (Å²) in [6, 6.07) is 4.49. The molecule has 0 aliphatic carbocycles. The van der Waals surface area contributed by atoms with Crippen molar-refractivity contribution in [2.75, 3.05) is 19.5 Å². The fraction of sp³-hybridized carbons (Fsp3) is 0.333. The number of rotatable bonds is 7. The van der Waals surface area contributed by atoms with Gasteiger partial charge in [0.05, 0.1) is 49.2 Å². The minimum absolute atomic E-state index is 0.0419. The second kappa shape index (κ2) is 9.57. The Hall–Kier alpha value is -1.84. The number of aliphatic hydroxyl groups is 1. The molecule has 1 atom stereocenters. The van der Waals surface area contributed by atoms with E-state index in [-0.39, 0.29) is 45.5 Å². The first-order valence-corrected chi connectivity index (χ1v) is 12.7. The number of pyridine rings is 2. The molecule has 2 aromatic heterocycles. The Labute approximate surface area is 200 Å². The number of ether oxygens (including phenoxy) is 1. The van der Waals surface area contributed by atoms with Gasteiger partial charge in [0.2, 0.25) is 0 Å². The van der Waals surface area contributed by atoms with E-state index < -0.39 is 15.1 Å². The average Bonchev–Trinajstić information content (AvgIpc) is 2.69. The third-order valence-corrected chi connectivity index (χ3v) is 7.52. The first kappa shape index (κ1) is 24.8. The Morgan fingerprint density at radius 1 is 1.16 bits per heavy atom. The van der Waals surface area contributed by atoms with Gasteiger partial charge in [0.25, 0.3) is 0 Å². The van der Waals surface area contributed by atoms with Gasteiger partial charge < -0.3 is 14.4 Å². The lowest BCUT2D eigenvalue weighted by Gasteiger charge is -2.20. The van der Waals surface area contributed by atoms with Crippen LogP contribution in [0.2, 0.25) is 15.1 Å². The molecule has 0 aliphatic rings. The SMILES string of the molecule is Cc1cc(=O)c2c(CC(C)S(C)(=O)=O)ncc(Cl)c2n1-c1c(Cl)cc(OCCO)cc1Cl. The molecule has 2 heterocycles. The van der Waals surface area contributed by atoms with Crippen molar-refractivity contribution in [2.45, 2.75) is 25.5 Å². The summed E-state index contributed by atoms with van der Waals surface area (Å²) in [6.07, 6.45) is 2.56. The van der Waals surface area contributed by atoms with Crippen molar-refractivity contribution < 1.29 is 18.3 Å². The zero-order valence-electron chi connectivity index (χ0n) is 17.5. The Morgan fingerprint density at radius 3 is 2.34 bits per heavy atom. The van der Waals surface area contributed by atoms with E-state index in [4.69, 9.17) is 44.6 Å². The molecule has 172 valence electrons. The summed E-state index contributed by atoms with van der Waals surface area (Å²) in [6.45, 7) is 3.17. The summed E-state index contributed by atoms with van der Waals surface area (Å²) in [5.74, 6) is 0.372. The molecule has 1 N–H and O–H groups in total. The second-order valence-electron chi connectivity index (χ2n) is 7.41. The number of aliphatic hydroxyl groups excluding tert-OH is 1. The van der Waals surface area contributed by atoms with Gasteiger partial charge in [-0.15, -0.1) is 0 Å². The average molecular weight is 520 g/mol. The predicted molar refractivity (Wildman–Crippen MR) is 128 cm³/mol. The molecule has 0 saturated heterocycles. The number of aromatic nitrogens is 2. The summed E-state index contributed by atoms with van der Waals surface area (Å²) in [5, 5.41) is 9.07. The Kier molecular flexibility index (Phi) is 7.41. The summed E-state index contributed by atoms with van der Waals surface area (Å²) >= 11 is 19.5. The number of sulfone groups is 1. The molecule has 11 heteroatoms. The molecule has 0 aliphatic heterocycles. The van der Waals surface area contributed by atoms with Crippen LogP contribution in [0.3, 0.4) is 0 Å². The summed E-state index contributed by atoms with van der Waals surface area (Å²) in [7, 11) is -3.34. The molecule has 7 nitrogen and oxygen atoms in total. The minimum Gasteiger partial charge on any atom is -0.491 e. The van der Waals surface area contributed by atoms with Gasteiger partial charge in [0, 0.05) is 42.8 Å². The molecule has 0 fully saturated rings. The highest BCUT2D eigenvalue weighted by molar-refractivity contribution is 7.91. The highest BCUT2D eigenvalue weighted by Crippen LogP contribution is 2.37. The first-order valence-electron chi connectivity index (χ1n) is 9.57. The maximum Gasteiger partial charge on any atom is 0.191 e. The van der Waals surface area contributed by atoms with Crippen LogP contribution in [-0.2, 0) is 16.3 Å². The quantitative estimate of drug-likeness (QED) is 0.507. The van der Waals surface area contributed by atoms with Crippen LogP contribution in [0, 0.1) is 6.92 Å². The normalized spacial score (nSPS) is 12.8. The number of nitrogens with zero attached hydrogens (tertiary/aromatic N) is 2. The van der Waals surface area contributed by atoms with Crippen molar-refractivity contribution in [2.24, 2.45) is 0 Å². The van der Waals surface area contributed by atoms with Gasteiger partial charge in [0.15, 0.2) is 5.43 Å². The fourth-order valence-electron chi connectivity index (χ4n) is 3.37. The van der Waals surface area contributed by atoms with Crippen LogP contribution >= 0.6 is 34.8 Å². The lowest BCUT2D eigenvalue weighted by atomic mass is 10.1. The number of fused-ring (bicyclic) bond motifs is 1. The molecule has 3 aromatic rings. The third-order valence-electron chi connectivity index (χ3n) is 5.03. The van der Waals surface area contributed by atoms with Gasteiger partial charge in [-0.3, -0.25) is 9.78 Å². The number of benzene rings is 1. The van der Waals surface area contributed by atoms with E-state index >= 15 is 0 Å². The van der Waals surface area contributed by atoms with Gasteiger partial charge in [-0.05, 0) is 13.8 Å². The van der Waals surface area contributed by atoms with E-state index in [1.54, 1.807) is 30.5 Å². The van der Waals surface area contributed by atoms with Gasteiger partial charge in [-0.2, -0.15) is 0 Å². The molecule has 0 radical (unpaired) electrons. The number of aryl methyl sites for hydroxylation is 1. The van der Waals surface area contributed by atoms with Crippen LogP contribution in [0.5, 0.6) is 5.75 Å². The molecule has 0 amide bonds. The smallest absolute Gasteiger partial charge is 0.191 e. The molecule has 1 aromatic carbocycles. The molecule has 0 bridgehead atoms. The van der Waals surface area contributed by atoms with Gasteiger partial charge in [0.1, 0.15) is 22.2 Å². The number of halogens is 3. The monoisotopic (exact) mass is 518 g/mol. The van der Waals surface area contributed by atoms with Crippen molar-refractivity contribution in [1.29, 1.82) is 0 Å². The van der Waals surface area contributed by atoms with Gasteiger partial charge in [-0.25, -0.2) is 8.42 Å². The molecule has 32 heavy (non-hydrogen) atoms. The molecule has 0 saturated carbocycles. The van der Waals surface area contributed by atoms with E-state index in [0.29, 0.717) is 28.3 Å². The van der Waals surface area contributed by atoms with E-state index in [1.165, 1.54) is 12.3 Å². The highest BCUT2D eigenvalue weighted by Gasteiger charge is 2.23. The van der Waals surface area contributed by atoms with Crippen LogP contribution in [-0.4, -0.2) is 47.8 Å². The van der Waals surface area contributed by atoms with E-state index in [9.17, 15) is 13.2 Å². The Morgan fingerprint density at radius 2 is 1.78 bits per heavy atom. The number of hydrogen-bond acceptors (Lipinski definition) is 6. The highest BCUT2D eigenvalue weighted by atomic mass is 35.5. The van der Waals surface area contributed by atoms with Crippen LogP contribution in [0.15, 0.2) is 29.2 Å². The zero-order valence-corrected chi connectivity index (χ0v) is 20.6. The second-order valence-corrected chi connectivity index (χ2v) is 11.1. The fourth-order valence-corrected chi connectivity index (χ4v) is 4.69. The Balaban J connectivity index is 2.33. The van der Waals surface area contributed by atoms with E-state index in [0.717, 1.165) is 6.26 Å². The lowest BCUT2D eigenvalue weighted by Crippen LogP contribution is -2.21. The lowest BCUT2D eigenvalue weighted by molar-refractivity contribution is 0.201. The van der Waals surface area contributed by atoms with Crippen LogP contribution in [0.25, 0.3) is 16.6 Å². The maximum atomic E-state index is 13.0. The zero-order chi connectivity index (χ0) is 23.8. The molecule has 3 rings (SSSR count).